The van der Waals surface area contributed by atoms with E-state index in [1.165, 1.54) is 11.8 Å². The molecule has 146 valence electrons. The number of aliphatic hydroxyl groups is 1. The van der Waals surface area contributed by atoms with Crippen molar-refractivity contribution in [2.45, 2.75) is 39.8 Å². The number of benzene rings is 1. The first-order valence-corrected chi connectivity index (χ1v) is 8.68. The van der Waals surface area contributed by atoms with E-state index >= 15 is 4.39 Å². The molecule has 1 unspecified atom stereocenters. The summed E-state index contributed by atoms with van der Waals surface area (Å²) in [5.41, 5.74) is 0.906. The van der Waals surface area contributed by atoms with Crippen LogP contribution in [0.25, 0.3) is 0 Å². The van der Waals surface area contributed by atoms with Gasteiger partial charge in [-0.1, -0.05) is 25.4 Å². The molecule has 2 rings (SSSR count). The summed E-state index contributed by atoms with van der Waals surface area (Å²) >= 11 is 5.75. The topological polar surface area (TPSA) is 62.7 Å². The number of hydrogen-bond acceptors (Lipinski definition) is 5. The Morgan fingerprint density at radius 2 is 1.93 bits per heavy atom. The van der Waals surface area contributed by atoms with E-state index in [1.807, 2.05) is 13.8 Å². The Morgan fingerprint density at radius 3 is 2.44 bits per heavy atom. The summed E-state index contributed by atoms with van der Waals surface area (Å²) < 4.78 is 33.7. The largest absolute Gasteiger partial charge is 0.465 e. The first-order chi connectivity index (χ1) is 12.6. The lowest BCUT2D eigenvalue weighted by molar-refractivity contribution is 0.0600. The summed E-state index contributed by atoms with van der Waals surface area (Å²) in [6.07, 6.45) is 0.327. The molecule has 0 saturated heterocycles. The number of aliphatic hydroxyl groups excluding tert-OH is 1. The van der Waals surface area contributed by atoms with Crippen LogP contribution in [-0.4, -0.2) is 29.4 Å². The first-order valence-electron chi connectivity index (χ1n) is 8.30. The molecule has 1 aromatic carbocycles. The van der Waals surface area contributed by atoms with Gasteiger partial charge < -0.3 is 14.7 Å². The highest BCUT2D eigenvalue weighted by Crippen LogP contribution is 2.41. The molecule has 1 aromatic heterocycles. The molecular weight excluding hydrogens is 378 g/mol. The molecule has 0 radical (unpaired) electrons. The zero-order valence-corrected chi connectivity index (χ0v) is 16.4. The van der Waals surface area contributed by atoms with Gasteiger partial charge in [0.1, 0.15) is 17.1 Å². The predicted octanol–water partition coefficient (Wildman–Crippen LogP) is 4.71. The minimum atomic E-state index is -1.27. The number of carbonyl (C=O) groups excluding carboxylic acids is 1. The average Bonchev–Trinajstić information content (AvgIpc) is 2.61. The Balaban J connectivity index is 2.92. The standard InChI is InChI=1S/C19H21ClF2N2O3/c1-9(2)16-17(10(3)6-7-23-16)24(11(4)25)18-12(19(26)27-5)8-13(21)14(20)15(18)22/h6-9,11,25H,1-5H3. The van der Waals surface area contributed by atoms with Gasteiger partial charge in [-0.2, -0.15) is 0 Å². The lowest BCUT2D eigenvalue weighted by Crippen LogP contribution is -2.32. The zero-order chi connectivity index (χ0) is 20.5. The molecule has 0 aliphatic carbocycles. The fourth-order valence-electron chi connectivity index (χ4n) is 2.88. The summed E-state index contributed by atoms with van der Waals surface area (Å²) in [4.78, 5) is 17.7. The number of aromatic nitrogens is 1. The molecule has 0 spiro atoms. The third-order valence-corrected chi connectivity index (χ3v) is 4.44. The number of anilines is 2. The minimum Gasteiger partial charge on any atom is -0.465 e. The summed E-state index contributed by atoms with van der Waals surface area (Å²) in [6.45, 7) is 6.94. The van der Waals surface area contributed by atoms with Crippen LogP contribution in [-0.2, 0) is 4.74 Å². The molecule has 2 aromatic rings. The SMILES string of the molecule is COC(=O)c1cc(F)c(Cl)c(F)c1N(c1c(C)ccnc1C(C)C)C(C)O. The minimum absolute atomic E-state index is 0.0679. The Kier molecular flexibility index (Phi) is 6.38. The maximum absolute atomic E-state index is 15.0. The second-order valence-electron chi connectivity index (χ2n) is 6.39. The van der Waals surface area contributed by atoms with Crippen LogP contribution in [0.15, 0.2) is 18.3 Å². The lowest BCUT2D eigenvalue weighted by atomic mass is 10.0. The Bertz CT molecular complexity index is 873. The van der Waals surface area contributed by atoms with E-state index < -0.39 is 34.4 Å². The van der Waals surface area contributed by atoms with Crippen LogP contribution in [0.4, 0.5) is 20.2 Å². The first kappa shape index (κ1) is 21.1. The summed E-state index contributed by atoms with van der Waals surface area (Å²) in [6, 6.07) is 2.49. The maximum Gasteiger partial charge on any atom is 0.340 e. The van der Waals surface area contributed by atoms with Crippen molar-refractivity contribution in [2.75, 3.05) is 12.0 Å². The van der Waals surface area contributed by atoms with Gasteiger partial charge in [0.2, 0.25) is 0 Å². The second-order valence-corrected chi connectivity index (χ2v) is 6.77. The third kappa shape index (κ3) is 3.89. The summed E-state index contributed by atoms with van der Waals surface area (Å²) in [5, 5.41) is 9.67. The number of pyridine rings is 1. The van der Waals surface area contributed by atoms with Crippen molar-refractivity contribution in [1.82, 2.24) is 4.98 Å². The molecular formula is C19H21ClF2N2O3. The van der Waals surface area contributed by atoms with Crippen molar-refractivity contribution in [2.24, 2.45) is 0 Å². The highest BCUT2D eigenvalue weighted by molar-refractivity contribution is 6.31. The molecule has 0 aliphatic heterocycles. The molecule has 0 saturated carbocycles. The molecule has 8 heteroatoms. The van der Waals surface area contributed by atoms with Crippen molar-refractivity contribution in [3.8, 4) is 0 Å². The van der Waals surface area contributed by atoms with Crippen molar-refractivity contribution >= 4 is 28.9 Å². The monoisotopic (exact) mass is 398 g/mol. The van der Waals surface area contributed by atoms with E-state index in [0.717, 1.165) is 13.2 Å². The predicted molar refractivity (Wildman–Crippen MR) is 99.6 cm³/mol. The van der Waals surface area contributed by atoms with Gasteiger partial charge in [0.15, 0.2) is 5.82 Å². The van der Waals surface area contributed by atoms with E-state index in [2.05, 4.69) is 9.72 Å². The smallest absolute Gasteiger partial charge is 0.340 e. The van der Waals surface area contributed by atoms with Crippen LogP contribution < -0.4 is 4.90 Å². The summed E-state index contributed by atoms with van der Waals surface area (Å²) in [7, 11) is 1.10. The number of carbonyl (C=O) groups is 1. The number of esters is 1. The van der Waals surface area contributed by atoms with Crippen LogP contribution in [0.2, 0.25) is 5.02 Å². The number of nitrogens with zero attached hydrogens (tertiary/aromatic N) is 2. The molecule has 1 N–H and O–H groups in total. The van der Waals surface area contributed by atoms with Crippen LogP contribution >= 0.6 is 11.6 Å². The number of rotatable bonds is 5. The van der Waals surface area contributed by atoms with Crippen molar-refractivity contribution in [1.29, 1.82) is 0 Å². The molecule has 0 amide bonds. The maximum atomic E-state index is 15.0. The molecule has 0 fully saturated rings. The van der Waals surface area contributed by atoms with E-state index in [9.17, 15) is 14.3 Å². The van der Waals surface area contributed by atoms with E-state index in [4.69, 9.17) is 11.6 Å². The van der Waals surface area contributed by atoms with Crippen molar-refractivity contribution in [3.63, 3.8) is 0 Å². The van der Waals surface area contributed by atoms with Gasteiger partial charge in [-0.25, -0.2) is 13.6 Å². The fraction of sp³-hybridized carbons (Fsp3) is 0.368. The lowest BCUT2D eigenvalue weighted by Gasteiger charge is -2.33. The van der Waals surface area contributed by atoms with Gasteiger partial charge in [0.25, 0.3) is 0 Å². The Morgan fingerprint density at radius 1 is 1.30 bits per heavy atom. The van der Waals surface area contributed by atoms with Gasteiger partial charge >= 0.3 is 5.97 Å². The number of aryl methyl sites for hydroxylation is 1. The van der Waals surface area contributed by atoms with E-state index in [1.54, 1.807) is 19.2 Å². The van der Waals surface area contributed by atoms with Crippen LogP contribution in [0.1, 0.15) is 48.3 Å². The Labute approximate surface area is 161 Å². The zero-order valence-electron chi connectivity index (χ0n) is 15.7. The van der Waals surface area contributed by atoms with Gasteiger partial charge in [-0.05, 0) is 37.5 Å². The molecule has 0 aliphatic rings. The fourth-order valence-corrected chi connectivity index (χ4v) is 3.02. The van der Waals surface area contributed by atoms with Gasteiger partial charge in [-0.15, -0.1) is 0 Å². The highest BCUT2D eigenvalue weighted by atomic mass is 35.5. The quantitative estimate of drug-likeness (QED) is 0.449. The molecule has 1 heterocycles. The highest BCUT2D eigenvalue weighted by Gasteiger charge is 2.31. The van der Waals surface area contributed by atoms with Crippen LogP contribution in [0.5, 0.6) is 0 Å². The van der Waals surface area contributed by atoms with E-state index in [0.29, 0.717) is 16.9 Å². The molecule has 1 atom stereocenters. The Hall–Kier alpha value is -2.25. The number of methoxy groups -OCH3 is 1. The molecule has 27 heavy (non-hydrogen) atoms. The number of halogens is 3. The number of ether oxygens (including phenoxy) is 1. The average molecular weight is 399 g/mol. The van der Waals surface area contributed by atoms with E-state index in [-0.39, 0.29) is 11.6 Å². The van der Waals surface area contributed by atoms with Gasteiger partial charge in [-0.3, -0.25) is 4.98 Å². The summed E-state index contributed by atoms with van der Waals surface area (Å²) in [5.74, 6) is -3.30. The van der Waals surface area contributed by atoms with Crippen LogP contribution in [0.3, 0.4) is 0 Å². The third-order valence-electron chi connectivity index (χ3n) is 4.10. The number of hydrogen-bond donors (Lipinski definition) is 1. The van der Waals surface area contributed by atoms with Crippen LogP contribution in [0, 0.1) is 18.6 Å². The van der Waals surface area contributed by atoms with Crippen molar-refractivity contribution < 1.29 is 23.4 Å². The van der Waals surface area contributed by atoms with Gasteiger partial charge in [0.05, 0.1) is 29.7 Å². The normalized spacial score (nSPS) is 12.2. The van der Waals surface area contributed by atoms with Gasteiger partial charge in [0, 0.05) is 6.20 Å². The second kappa shape index (κ2) is 8.19. The molecule has 0 bridgehead atoms. The molecule has 5 nitrogen and oxygen atoms in total. The van der Waals surface area contributed by atoms with Crippen molar-refractivity contribution in [3.05, 3.63) is 51.8 Å².